The average molecular weight is 339 g/mol. The van der Waals surface area contributed by atoms with Crippen LogP contribution in [0, 0.1) is 0 Å². The van der Waals surface area contributed by atoms with Crippen LogP contribution < -0.4 is 0 Å². The zero-order valence-electron chi connectivity index (χ0n) is 12.5. The Bertz CT molecular complexity index is 499. The fourth-order valence-corrected chi connectivity index (χ4v) is 3.42. The molecule has 1 aromatic heterocycles. The molecule has 0 radical (unpaired) electrons. The summed E-state index contributed by atoms with van der Waals surface area (Å²) < 4.78 is 0.936. The van der Waals surface area contributed by atoms with Crippen molar-refractivity contribution in [3.8, 4) is 0 Å². The predicted octanol–water partition coefficient (Wildman–Crippen LogP) is 2.78. The molecular weight excluding hydrogens is 318 g/mol. The number of hydrogen-bond acceptors (Lipinski definition) is 5. The highest BCUT2D eigenvalue weighted by Crippen LogP contribution is 2.21. The van der Waals surface area contributed by atoms with Crippen LogP contribution in [0.15, 0.2) is 24.5 Å². The molecule has 2 heterocycles. The summed E-state index contributed by atoms with van der Waals surface area (Å²) >= 11 is 7.13. The summed E-state index contributed by atoms with van der Waals surface area (Å²) in [5, 5.41) is 8.63. The fourth-order valence-electron chi connectivity index (χ4n) is 2.33. The minimum atomic E-state index is -0.707. The minimum absolute atomic E-state index is 0.270. The topological polar surface area (TPSA) is 56.7 Å². The molecule has 1 fully saturated rings. The first-order valence-electron chi connectivity index (χ1n) is 7.40. The SMILES string of the molecule is O=C(O)CCCCCN1CSC(=S)N(Cc2cccnc2)C1. The van der Waals surface area contributed by atoms with Crippen LogP contribution in [-0.4, -0.2) is 49.3 Å². The minimum Gasteiger partial charge on any atom is -0.481 e. The largest absolute Gasteiger partial charge is 0.481 e. The van der Waals surface area contributed by atoms with Crippen LogP contribution >= 0.6 is 24.0 Å². The lowest BCUT2D eigenvalue weighted by Gasteiger charge is -2.36. The van der Waals surface area contributed by atoms with Crippen LogP contribution in [-0.2, 0) is 11.3 Å². The van der Waals surface area contributed by atoms with Gasteiger partial charge in [-0.1, -0.05) is 36.5 Å². The maximum absolute atomic E-state index is 10.5. The number of rotatable bonds is 8. The molecule has 0 saturated carbocycles. The lowest BCUT2D eigenvalue weighted by atomic mass is 10.2. The lowest BCUT2D eigenvalue weighted by Crippen LogP contribution is -2.44. The van der Waals surface area contributed by atoms with Crippen molar-refractivity contribution in [3.63, 3.8) is 0 Å². The molecule has 1 saturated heterocycles. The Morgan fingerprint density at radius 2 is 2.27 bits per heavy atom. The van der Waals surface area contributed by atoms with E-state index in [4.69, 9.17) is 17.3 Å². The normalized spacial score (nSPS) is 16.0. The van der Waals surface area contributed by atoms with Crippen molar-refractivity contribution < 1.29 is 9.90 Å². The smallest absolute Gasteiger partial charge is 0.303 e. The third kappa shape index (κ3) is 5.90. The van der Waals surface area contributed by atoms with Gasteiger partial charge < -0.3 is 10.0 Å². The lowest BCUT2D eigenvalue weighted by molar-refractivity contribution is -0.137. The van der Waals surface area contributed by atoms with Crippen LogP contribution in [0.5, 0.6) is 0 Å². The standard InChI is InChI=1S/C15H21N3O2S2/c19-14(20)6-2-1-3-8-17-11-18(15(21)22-12-17)10-13-5-4-7-16-9-13/h4-5,7,9H,1-3,6,8,10-12H2,(H,19,20). The number of pyridine rings is 1. The molecule has 0 amide bonds. The second kappa shape index (κ2) is 9.07. The quantitative estimate of drug-likeness (QED) is 0.577. The van der Waals surface area contributed by atoms with Crippen molar-refractivity contribution in [2.75, 3.05) is 19.1 Å². The van der Waals surface area contributed by atoms with E-state index in [0.717, 1.165) is 54.8 Å². The van der Waals surface area contributed by atoms with E-state index in [0.29, 0.717) is 0 Å². The van der Waals surface area contributed by atoms with E-state index in [1.807, 2.05) is 12.3 Å². The van der Waals surface area contributed by atoms with Crippen molar-refractivity contribution >= 4 is 34.3 Å². The van der Waals surface area contributed by atoms with Gasteiger partial charge >= 0.3 is 5.97 Å². The van der Waals surface area contributed by atoms with E-state index in [-0.39, 0.29) is 6.42 Å². The molecule has 22 heavy (non-hydrogen) atoms. The molecule has 0 unspecified atom stereocenters. The number of unbranched alkanes of at least 4 members (excludes halogenated alkanes) is 2. The van der Waals surface area contributed by atoms with Crippen LogP contribution in [0.4, 0.5) is 0 Å². The van der Waals surface area contributed by atoms with E-state index in [1.165, 1.54) is 0 Å². The maximum atomic E-state index is 10.5. The molecule has 0 atom stereocenters. The zero-order chi connectivity index (χ0) is 15.8. The van der Waals surface area contributed by atoms with E-state index in [9.17, 15) is 4.79 Å². The van der Waals surface area contributed by atoms with Gasteiger partial charge in [0.1, 0.15) is 4.32 Å². The van der Waals surface area contributed by atoms with Gasteiger partial charge in [-0.2, -0.15) is 0 Å². The summed E-state index contributed by atoms with van der Waals surface area (Å²) in [6, 6.07) is 4.00. The number of carboxylic acid groups (broad SMARTS) is 1. The number of aromatic nitrogens is 1. The molecule has 0 bridgehead atoms. The highest BCUT2D eigenvalue weighted by atomic mass is 32.2. The number of hydrogen-bond donors (Lipinski definition) is 1. The Hall–Kier alpha value is -1.18. The highest BCUT2D eigenvalue weighted by Gasteiger charge is 2.21. The fraction of sp³-hybridized carbons (Fsp3) is 0.533. The summed E-state index contributed by atoms with van der Waals surface area (Å²) in [5.74, 6) is 0.211. The van der Waals surface area contributed by atoms with Crippen molar-refractivity contribution in [1.82, 2.24) is 14.8 Å². The summed E-state index contributed by atoms with van der Waals surface area (Å²) in [6.45, 7) is 2.60. The molecule has 2 rings (SSSR count). The van der Waals surface area contributed by atoms with Crippen LogP contribution in [0.2, 0.25) is 0 Å². The molecule has 120 valence electrons. The van der Waals surface area contributed by atoms with Gasteiger partial charge in [-0.05, 0) is 24.5 Å². The maximum Gasteiger partial charge on any atom is 0.303 e. The summed E-state index contributed by atoms with van der Waals surface area (Å²) in [4.78, 5) is 19.2. The Labute approximate surface area is 140 Å². The highest BCUT2D eigenvalue weighted by molar-refractivity contribution is 8.22. The van der Waals surface area contributed by atoms with Crippen LogP contribution in [0.1, 0.15) is 31.2 Å². The van der Waals surface area contributed by atoms with E-state index < -0.39 is 5.97 Å². The Kier molecular flexibility index (Phi) is 7.08. The molecule has 1 aliphatic rings. The third-order valence-corrected chi connectivity index (χ3v) is 5.07. The van der Waals surface area contributed by atoms with Gasteiger partial charge in [-0.15, -0.1) is 0 Å². The Morgan fingerprint density at radius 3 is 3.00 bits per heavy atom. The van der Waals surface area contributed by atoms with Crippen molar-refractivity contribution in [3.05, 3.63) is 30.1 Å². The van der Waals surface area contributed by atoms with Gasteiger partial charge in [-0.3, -0.25) is 14.7 Å². The summed E-state index contributed by atoms with van der Waals surface area (Å²) in [7, 11) is 0. The molecule has 1 aromatic rings. The zero-order valence-corrected chi connectivity index (χ0v) is 14.1. The molecule has 1 aliphatic heterocycles. The number of thiocarbonyl (C=S) groups is 1. The first-order chi connectivity index (χ1) is 10.6. The van der Waals surface area contributed by atoms with Gasteiger partial charge in [0.25, 0.3) is 0 Å². The van der Waals surface area contributed by atoms with Crippen molar-refractivity contribution in [2.45, 2.75) is 32.2 Å². The monoisotopic (exact) mass is 339 g/mol. The van der Waals surface area contributed by atoms with Gasteiger partial charge in [0.2, 0.25) is 0 Å². The number of thioether (sulfide) groups is 1. The van der Waals surface area contributed by atoms with Crippen LogP contribution in [0.3, 0.4) is 0 Å². The number of carboxylic acids is 1. The van der Waals surface area contributed by atoms with Gasteiger partial charge in [0.05, 0.1) is 12.5 Å². The first-order valence-corrected chi connectivity index (χ1v) is 8.79. The Morgan fingerprint density at radius 1 is 1.41 bits per heavy atom. The molecule has 0 aliphatic carbocycles. The molecule has 0 spiro atoms. The average Bonchev–Trinajstić information content (AvgIpc) is 2.51. The predicted molar refractivity (Wildman–Crippen MR) is 92.5 cm³/mol. The van der Waals surface area contributed by atoms with Gasteiger partial charge in [0.15, 0.2) is 0 Å². The third-order valence-electron chi connectivity index (χ3n) is 3.46. The van der Waals surface area contributed by atoms with Crippen molar-refractivity contribution in [2.24, 2.45) is 0 Å². The van der Waals surface area contributed by atoms with Crippen molar-refractivity contribution in [1.29, 1.82) is 0 Å². The van der Waals surface area contributed by atoms with E-state index in [1.54, 1.807) is 18.0 Å². The second-order valence-corrected chi connectivity index (χ2v) is 6.92. The number of aliphatic carboxylic acids is 1. The Balaban J connectivity index is 1.73. The van der Waals surface area contributed by atoms with Gasteiger partial charge in [-0.25, -0.2) is 0 Å². The van der Waals surface area contributed by atoms with Crippen LogP contribution in [0.25, 0.3) is 0 Å². The number of carbonyl (C=O) groups is 1. The van der Waals surface area contributed by atoms with Gasteiger partial charge in [0, 0.05) is 31.9 Å². The first kappa shape index (κ1) is 17.2. The second-order valence-electron chi connectivity index (χ2n) is 5.34. The molecule has 1 N–H and O–H groups in total. The molecule has 5 nitrogen and oxygen atoms in total. The molecule has 7 heteroatoms. The molecule has 0 aromatic carbocycles. The number of nitrogens with zero attached hydrogens (tertiary/aromatic N) is 3. The summed E-state index contributed by atoms with van der Waals surface area (Å²) in [5.41, 5.74) is 1.16. The van der Waals surface area contributed by atoms with E-state index >= 15 is 0 Å². The summed E-state index contributed by atoms with van der Waals surface area (Å²) in [6.07, 6.45) is 6.66. The van der Waals surface area contributed by atoms with E-state index in [2.05, 4.69) is 20.9 Å². The molecular formula is C15H21N3O2S2.